The zero-order valence-electron chi connectivity index (χ0n) is 18.9. The lowest BCUT2D eigenvalue weighted by Gasteiger charge is -2.26. The van der Waals surface area contributed by atoms with E-state index in [0.29, 0.717) is 18.9 Å². The van der Waals surface area contributed by atoms with Crippen molar-refractivity contribution in [2.45, 2.75) is 25.7 Å². The van der Waals surface area contributed by atoms with Gasteiger partial charge in [0.1, 0.15) is 5.75 Å². The molecule has 2 atom stereocenters. The minimum atomic E-state index is 0.0704. The molecule has 0 bridgehead atoms. The standard InChI is InChI=1S/C25H33N5O2/c1-3-26-25(28-16-19-13-24(31)29-23-10-5-4-9-22(19)23)27-15-18-11-12-30(17-18)20-7-6-8-21(14-20)32-2/h4-10,14,18-19H,3,11-13,15-17H2,1-2H3,(H,29,31)(H2,26,27,28). The second-order valence-electron chi connectivity index (χ2n) is 8.44. The maximum atomic E-state index is 12.1. The van der Waals surface area contributed by atoms with Crippen LogP contribution in [0.5, 0.6) is 5.75 Å². The van der Waals surface area contributed by atoms with Crippen LogP contribution in [0.3, 0.4) is 0 Å². The second kappa shape index (κ2) is 10.4. The SMILES string of the molecule is CCNC(=NCC1CCN(c2cccc(OC)c2)C1)NCC1CC(=O)Nc2ccccc21. The van der Waals surface area contributed by atoms with Gasteiger partial charge in [0.15, 0.2) is 5.96 Å². The first-order valence-corrected chi connectivity index (χ1v) is 11.5. The lowest BCUT2D eigenvalue weighted by atomic mass is 9.90. The van der Waals surface area contributed by atoms with Crippen LogP contribution in [-0.2, 0) is 4.79 Å². The normalized spacial score (nSPS) is 20.5. The van der Waals surface area contributed by atoms with Gasteiger partial charge in [-0.2, -0.15) is 0 Å². The molecule has 3 N–H and O–H groups in total. The summed E-state index contributed by atoms with van der Waals surface area (Å²) in [5.41, 5.74) is 3.30. The Morgan fingerprint density at radius 1 is 1.22 bits per heavy atom. The fourth-order valence-electron chi connectivity index (χ4n) is 4.49. The third kappa shape index (κ3) is 5.33. The number of hydrogen-bond acceptors (Lipinski definition) is 4. The van der Waals surface area contributed by atoms with Crippen molar-refractivity contribution in [1.29, 1.82) is 0 Å². The fraction of sp³-hybridized carbons (Fsp3) is 0.440. The Labute approximate surface area is 190 Å². The van der Waals surface area contributed by atoms with E-state index in [2.05, 4.69) is 46.0 Å². The number of anilines is 2. The molecule has 170 valence electrons. The van der Waals surface area contributed by atoms with E-state index < -0.39 is 0 Å². The number of benzene rings is 2. The molecule has 32 heavy (non-hydrogen) atoms. The Bertz CT molecular complexity index is 961. The van der Waals surface area contributed by atoms with E-state index in [0.717, 1.165) is 50.0 Å². The number of nitrogens with one attached hydrogen (secondary N) is 3. The molecule has 2 aromatic rings. The number of aliphatic imine (C=N–C) groups is 1. The highest BCUT2D eigenvalue weighted by atomic mass is 16.5. The molecule has 0 saturated carbocycles. The largest absolute Gasteiger partial charge is 0.497 e. The molecule has 7 heteroatoms. The van der Waals surface area contributed by atoms with Gasteiger partial charge in [0.05, 0.1) is 7.11 Å². The molecule has 0 aromatic heterocycles. The average Bonchev–Trinajstić information content (AvgIpc) is 3.30. The van der Waals surface area contributed by atoms with Crippen molar-refractivity contribution >= 4 is 23.2 Å². The Hall–Kier alpha value is -3.22. The van der Waals surface area contributed by atoms with Gasteiger partial charge in [-0.05, 0) is 43.0 Å². The summed E-state index contributed by atoms with van der Waals surface area (Å²) in [6.07, 6.45) is 1.61. The molecule has 0 aliphatic carbocycles. The topological polar surface area (TPSA) is 78.0 Å². The van der Waals surface area contributed by atoms with E-state index in [1.165, 1.54) is 11.3 Å². The zero-order valence-corrected chi connectivity index (χ0v) is 18.9. The summed E-state index contributed by atoms with van der Waals surface area (Å²) in [4.78, 5) is 19.4. The van der Waals surface area contributed by atoms with Crippen LogP contribution in [-0.4, -0.2) is 51.7 Å². The zero-order chi connectivity index (χ0) is 22.3. The number of fused-ring (bicyclic) bond motifs is 1. The minimum absolute atomic E-state index is 0.0704. The summed E-state index contributed by atoms with van der Waals surface area (Å²) in [6.45, 7) is 6.35. The molecule has 1 amide bonds. The average molecular weight is 436 g/mol. The van der Waals surface area contributed by atoms with Crippen molar-refractivity contribution in [2.75, 3.05) is 50.1 Å². The van der Waals surface area contributed by atoms with E-state index >= 15 is 0 Å². The van der Waals surface area contributed by atoms with Gasteiger partial charge in [0.25, 0.3) is 0 Å². The van der Waals surface area contributed by atoms with E-state index in [-0.39, 0.29) is 11.8 Å². The molecule has 0 spiro atoms. The van der Waals surface area contributed by atoms with Crippen molar-refractivity contribution in [2.24, 2.45) is 10.9 Å². The van der Waals surface area contributed by atoms with Gasteiger partial charge in [-0.3, -0.25) is 9.79 Å². The number of ether oxygens (including phenoxy) is 1. The molecular formula is C25H33N5O2. The van der Waals surface area contributed by atoms with Crippen LogP contribution in [0.25, 0.3) is 0 Å². The molecule has 2 aromatic carbocycles. The smallest absolute Gasteiger partial charge is 0.225 e. The van der Waals surface area contributed by atoms with Gasteiger partial charge in [-0.25, -0.2) is 0 Å². The molecule has 2 aliphatic heterocycles. The number of para-hydroxylation sites is 1. The number of nitrogens with zero attached hydrogens (tertiary/aromatic N) is 2. The van der Waals surface area contributed by atoms with Crippen molar-refractivity contribution < 1.29 is 9.53 Å². The summed E-state index contributed by atoms with van der Waals surface area (Å²) >= 11 is 0. The first-order chi connectivity index (χ1) is 15.7. The predicted octanol–water partition coefficient (Wildman–Crippen LogP) is 3.20. The lowest BCUT2D eigenvalue weighted by Crippen LogP contribution is -2.41. The maximum Gasteiger partial charge on any atom is 0.225 e. The van der Waals surface area contributed by atoms with Gasteiger partial charge in [-0.1, -0.05) is 24.3 Å². The third-order valence-electron chi connectivity index (χ3n) is 6.18. The van der Waals surface area contributed by atoms with Gasteiger partial charge in [0.2, 0.25) is 5.91 Å². The Morgan fingerprint density at radius 3 is 2.94 bits per heavy atom. The fourth-order valence-corrected chi connectivity index (χ4v) is 4.49. The number of hydrogen-bond donors (Lipinski definition) is 3. The number of methoxy groups -OCH3 is 1. The second-order valence-corrected chi connectivity index (χ2v) is 8.44. The number of carbonyl (C=O) groups excluding carboxylic acids is 1. The molecule has 0 radical (unpaired) electrons. The van der Waals surface area contributed by atoms with Crippen LogP contribution in [0.1, 0.15) is 31.2 Å². The molecule has 2 heterocycles. The van der Waals surface area contributed by atoms with Crippen molar-refractivity contribution in [3.05, 3.63) is 54.1 Å². The highest BCUT2D eigenvalue weighted by Gasteiger charge is 2.25. The summed E-state index contributed by atoms with van der Waals surface area (Å²) in [6, 6.07) is 16.3. The monoisotopic (exact) mass is 435 g/mol. The van der Waals surface area contributed by atoms with E-state index in [4.69, 9.17) is 9.73 Å². The van der Waals surface area contributed by atoms with Crippen molar-refractivity contribution in [3.63, 3.8) is 0 Å². The number of carbonyl (C=O) groups is 1. The predicted molar refractivity (Wildman–Crippen MR) is 130 cm³/mol. The maximum absolute atomic E-state index is 12.1. The Balaban J connectivity index is 1.34. The van der Waals surface area contributed by atoms with Gasteiger partial charge in [0, 0.05) is 62.5 Å². The third-order valence-corrected chi connectivity index (χ3v) is 6.18. The quantitative estimate of drug-likeness (QED) is 0.460. The molecule has 7 nitrogen and oxygen atoms in total. The first-order valence-electron chi connectivity index (χ1n) is 11.5. The number of amides is 1. The Morgan fingerprint density at radius 2 is 2.09 bits per heavy atom. The van der Waals surface area contributed by atoms with Crippen molar-refractivity contribution in [3.8, 4) is 5.75 Å². The molecule has 2 unspecified atom stereocenters. The summed E-state index contributed by atoms with van der Waals surface area (Å²) in [5.74, 6) is 2.43. The number of rotatable bonds is 7. The van der Waals surface area contributed by atoms with E-state index in [9.17, 15) is 4.79 Å². The van der Waals surface area contributed by atoms with Crippen LogP contribution in [0, 0.1) is 5.92 Å². The summed E-state index contributed by atoms with van der Waals surface area (Å²) < 4.78 is 5.36. The molecule has 1 saturated heterocycles. The summed E-state index contributed by atoms with van der Waals surface area (Å²) in [7, 11) is 1.70. The molecular weight excluding hydrogens is 402 g/mol. The van der Waals surface area contributed by atoms with Gasteiger partial charge in [-0.15, -0.1) is 0 Å². The minimum Gasteiger partial charge on any atom is -0.497 e. The highest BCUT2D eigenvalue weighted by molar-refractivity contribution is 5.94. The van der Waals surface area contributed by atoms with Crippen LogP contribution in [0.4, 0.5) is 11.4 Å². The number of guanidine groups is 1. The summed E-state index contributed by atoms with van der Waals surface area (Å²) in [5, 5.41) is 9.77. The Kier molecular flexibility index (Phi) is 7.14. The highest BCUT2D eigenvalue weighted by Crippen LogP contribution is 2.31. The molecule has 2 aliphatic rings. The van der Waals surface area contributed by atoms with E-state index in [1.54, 1.807) is 7.11 Å². The van der Waals surface area contributed by atoms with E-state index in [1.807, 2.05) is 30.3 Å². The van der Waals surface area contributed by atoms with Crippen LogP contribution >= 0.6 is 0 Å². The van der Waals surface area contributed by atoms with Crippen LogP contribution < -0.4 is 25.6 Å². The van der Waals surface area contributed by atoms with Gasteiger partial charge >= 0.3 is 0 Å². The van der Waals surface area contributed by atoms with Crippen molar-refractivity contribution in [1.82, 2.24) is 10.6 Å². The van der Waals surface area contributed by atoms with Gasteiger partial charge < -0.3 is 25.6 Å². The van der Waals surface area contributed by atoms with Crippen LogP contribution in [0.15, 0.2) is 53.5 Å². The molecule has 4 rings (SSSR count). The van der Waals surface area contributed by atoms with Crippen LogP contribution in [0.2, 0.25) is 0 Å². The first kappa shape index (κ1) is 22.0. The lowest BCUT2D eigenvalue weighted by molar-refractivity contribution is -0.116. The molecule has 1 fully saturated rings.